The van der Waals surface area contributed by atoms with Gasteiger partial charge in [-0.2, -0.15) is 5.10 Å². The highest BCUT2D eigenvalue weighted by molar-refractivity contribution is 5.87. The van der Waals surface area contributed by atoms with E-state index in [1.165, 1.54) is 0 Å². The maximum absolute atomic E-state index is 11.9. The van der Waals surface area contributed by atoms with Crippen molar-refractivity contribution in [2.45, 2.75) is 31.6 Å². The van der Waals surface area contributed by atoms with Crippen molar-refractivity contribution in [1.82, 2.24) is 9.78 Å². The second-order valence-electron chi connectivity index (χ2n) is 5.85. The van der Waals surface area contributed by atoms with Gasteiger partial charge in [0.15, 0.2) is 0 Å². The Morgan fingerprint density at radius 3 is 2.57 bits per heavy atom. The van der Waals surface area contributed by atoms with Crippen LogP contribution in [0.1, 0.15) is 31.9 Å². The highest BCUT2D eigenvalue weighted by atomic mass is 16.6. The van der Waals surface area contributed by atoms with Gasteiger partial charge in [-0.1, -0.05) is 31.5 Å². The number of hydrogen-bond acceptors (Lipinski definition) is 4. The molecule has 7 nitrogen and oxygen atoms in total. The summed E-state index contributed by atoms with van der Waals surface area (Å²) in [6.45, 7) is 2.04. The minimum absolute atomic E-state index is 0.0848. The molecule has 1 amide bonds. The van der Waals surface area contributed by atoms with Gasteiger partial charge in [0.25, 0.3) is 0 Å². The molecule has 1 aliphatic rings. The Morgan fingerprint density at radius 2 is 2.00 bits per heavy atom. The highest BCUT2D eigenvalue weighted by Gasteiger charge is 2.37. The van der Waals surface area contributed by atoms with Crippen LogP contribution in [0.3, 0.4) is 0 Å². The van der Waals surface area contributed by atoms with Crippen molar-refractivity contribution >= 4 is 18.0 Å². The van der Waals surface area contributed by atoms with E-state index < -0.39 is 12.2 Å². The van der Waals surface area contributed by atoms with Crippen LogP contribution >= 0.6 is 0 Å². The fraction of sp³-hybridized carbons (Fsp3) is 0.312. The first-order valence-corrected chi connectivity index (χ1v) is 7.36. The van der Waals surface area contributed by atoms with Crippen molar-refractivity contribution < 1.29 is 19.4 Å². The molecule has 3 rings (SSSR count). The molecule has 0 atom stereocenters. The summed E-state index contributed by atoms with van der Waals surface area (Å²) >= 11 is 0. The lowest BCUT2D eigenvalue weighted by Crippen LogP contribution is -2.31. The summed E-state index contributed by atoms with van der Waals surface area (Å²) in [6.07, 6.45) is 0.989. The van der Waals surface area contributed by atoms with Gasteiger partial charge in [0.05, 0.1) is 5.69 Å². The van der Waals surface area contributed by atoms with Crippen LogP contribution in [0.4, 0.5) is 15.4 Å². The molecule has 1 heterocycles. The van der Waals surface area contributed by atoms with E-state index in [0.29, 0.717) is 11.4 Å². The Balaban J connectivity index is 1.78. The van der Waals surface area contributed by atoms with Gasteiger partial charge >= 0.3 is 12.2 Å². The third-order valence-electron chi connectivity index (χ3n) is 4.15. The summed E-state index contributed by atoms with van der Waals surface area (Å²) < 4.78 is 5.87. The van der Waals surface area contributed by atoms with Crippen molar-refractivity contribution in [3.63, 3.8) is 0 Å². The fourth-order valence-corrected chi connectivity index (χ4v) is 2.60. The smallest absolute Gasteiger partial charge is 0.434 e. The van der Waals surface area contributed by atoms with Crippen LogP contribution in [-0.4, -0.2) is 27.1 Å². The normalized spacial score (nSPS) is 15.5. The number of anilines is 1. The predicted molar refractivity (Wildman–Crippen MR) is 82.9 cm³/mol. The van der Waals surface area contributed by atoms with Crippen molar-refractivity contribution in [1.29, 1.82) is 0 Å². The highest BCUT2D eigenvalue weighted by Crippen LogP contribution is 2.43. The lowest BCUT2D eigenvalue weighted by molar-refractivity contribution is 0.192. The van der Waals surface area contributed by atoms with Gasteiger partial charge < -0.3 is 9.84 Å². The molecule has 0 saturated heterocycles. The number of nitrogens with zero attached hydrogens (tertiary/aromatic N) is 2. The number of benzene rings is 1. The van der Waals surface area contributed by atoms with E-state index in [-0.39, 0.29) is 11.2 Å². The van der Waals surface area contributed by atoms with Crippen molar-refractivity contribution in [3.05, 3.63) is 42.1 Å². The summed E-state index contributed by atoms with van der Waals surface area (Å²) in [5.41, 5.74) is 0.543. The van der Waals surface area contributed by atoms with Gasteiger partial charge in [-0.15, -0.1) is 4.68 Å². The molecule has 2 aromatic rings. The van der Waals surface area contributed by atoms with Crippen LogP contribution in [-0.2, 0) is 5.41 Å². The van der Waals surface area contributed by atoms with Crippen molar-refractivity contribution in [2.75, 3.05) is 5.32 Å². The first-order valence-electron chi connectivity index (χ1n) is 7.36. The van der Waals surface area contributed by atoms with E-state index in [4.69, 9.17) is 4.74 Å². The van der Waals surface area contributed by atoms with E-state index in [1.807, 2.05) is 6.92 Å². The van der Waals surface area contributed by atoms with E-state index >= 15 is 0 Å². The molecule has 0 bridgehead atoms. The molecule has 23 heavy (non-hydrogen) atoms. The summed E-state index contributed by atoms with van der Waals surface area (Å²) in [4.78, 5) is 23.2. The molecular weight excluding hydrogens is 298 g/mol. The predicted octanol–water partition coefficient (Wildman–Crippen LogP) is 3.46. The first kappa shape index (κ1) is 15.1. The fourth-order valence-electron chi connectivity index (χ4n) is 2.60. The topological polar surface area (TPSA) is 93.5 Å². The van der Waals surface area contributed by atoms with Gasteiger partial charge in [0.1, 0.15) is 11.6 Å². The molecule has 0 spiro atoms. The third-order valence-corrected chi connectivity index (χ3v) is 4.15. The molecule has 1 saturated carbocycles. The maximum atomic E-state index is 11.9. The molecule has 0 aliphatic heterocycles. The van der Waals surface area contributed by atoms with E-state index in [0.717, 1.165) is 23.9 Å². The molecular formula is C16H17N3O4. The van der Waals surface area contributed by atoms with Gasteiger partial charge in [-0.3, -0.25) is 5.32 Å². The summed E-state index contributed by atoms with van der Waals surface area (Å²) in [6, 6.07) is 10.1. The van der Waals surface area contributed by atoms with Gasteiger partial charge in [0.2, 0.25) is 0 Å². The van der Waals surface area contributed by atoms with E-state index in [9.17, 15) is 14.7 Å². The van der Waals surface area contributed by atoms with Crippen LogP contribution < -0.4 is 10.1 Å². The lowest BCUT2D eigenvalue weighted by atomic mass is 9.68. The largest absolute Gasteiger partial charge is 0.463 e. The summed E-state index contributed by atoms with van der Waals surface area (Å²) in [5, 5.41) is 15.8. The Labute approximate surface area is 132 Å². The summed E-state index contributed by atoms with van der Waals surface area (Å²) in [5.74, 6) is 0.458. The van der Waals surface area contributed by atoms with Crippen LogP contribution in [0.2, 0.25) is 0 Å². The minimum atomic E-state index is -1.26. The van der Waals surface area contributed by atoms with E-state index in [2.05, 4.69) is 10.4 Å². The van der Waals surface area contributed by atoms with Crippen LogP contribution in [0.5, 0.6) is 5.75 Å². The third kappa shape index (κ3) is 3.03. The number of carbonyl (C=O) groups excluding carboxylic acids is 1. The second kappa shape index (κ2) is 5.75. The quantitative estimate of drug-likeness (QED) is 0.904. The SMILES string of the molecule is CC1(c2cc(NC(=O)Oc3ccccc3)n(C(=O)O)n2)CCC1. The van der Waals surface area contributed by atoms with Crippen LogP contribution in [0, 0.1) is 0 Å². The summed E-state index contributed by atoms with van der Waals surface area (Å²) in [7, 11) is 0. The van der Waals surface area contributed by atoms with Crippen LogP contribution in [0.25, 0.3) is 0 Å². The molecule has 1 aliphatic carbocycles. The average Bonchev–Trinajstić information content (AvgIpc) is 2.90. The second-order valence-corrected chi connectivity index (χ2v) is 5.85. The Hall–Kier alpha value is -2.83. The molecule has 2 N–H and O–H groups in total. The zero-order valence-electron chi connectivity index (χ0n) is 12.7. The number of hydrogen-bond donors (Lipinski definition) is 2. The van der Waals surface area contributed by atoms with Crippen LogP contribution in [0.15, 0.2) is 36.4 Å². The molecule has 0 radical (unpaired) electrons. The standard InChI is InChI=1S/C16H17N3O4/c1-16(8-5-9-16)12-10-13(19(18-12)15(21)22)17-14(20)23-11-6-3-2-4-7-11/h2-4,6-7,10H,5,8-9H2,1H3,(H,17,20)(H,21,22). The number of nitrogens with one attached hydrogen (secondary N) is 1. The number of carboxylic acid groups (broad SMARTS) is 1. The lowest BCUT2D eigenvalue weighted by Gasteiger charge is -2.36. The number of ether oxygens (including phenoxy) is 1. The molecule has 7 heteroatoms. The number of rotatable bonds is 3. The van der Waals surface area contributed by atoms with E-state index in [1.54, 1.807) is 36.4 Å². The molecule has 1 fully saturated rings. The molecule has 1 aromatic carbocycles. The minimum Gasteiger partial charge on any atom is -0.463 e. The Kier molecular flexibility index (Phi) is 3.77. The first-order chi connectivity index (χ1) is 11.0. The average molecular weight is 315 g/mol. The number of aromatic nitrogens is 2. The maximum Gasteiger partial charge on any atom is 0.434 e. The van der Waals surface area contributed by atoms with Gasteiger partial charge in [-0.25, -0.2) is 9.59 Å². The zero-order chi connectivity index (χ0) is 16.4. The monoisotopic (exact) mass is 315 g/mol. The number of amides is 1. The number of carbonyl (C=O) groups is 2. The van der Waals surface area contributed by atoms with Gasteiger partial charge in [0, 0.05) is 11.5 Å². The van der Waals surface area contributed by atoms with Gasteiger partial charge in [-0.05, 0) is 25.0 Å². The molecule has 0 unspecified atom stereocenters. The Morgan fingerprint density at radius 1 is 1.30 bits per heavy atom. The Bertz CT molecular complexity index is 735. The zero-order valence-corrected chi connectivity index (χ0v) is 12.7. The number of para-hydroxylation sites is 1. The van der Waals surface area contributed by atoms with Crippen molar-refractivity contribution in [3.8, 4) is 5.75 Å². The van der Waals surface area contributed by atoms with Crippen molar-refractivity contribution in [2.24, 2.45) is 0 Å². The molecule has 1 aromatic heterocycles. The molecule has 120 valence electrons.